The maximum absolute atomic E-state index is 6.26. The van der Waals surface area contributed by atoms with Gasteiger partial charge in [0.2, 0.25) is 0 Å². The summed E-state index contributed by atoms with van der Waals surface area (Å²) in [5.41, 5.74) is 8.46. The number of benzene rings is 2. The van der Waals surface area contributed by atoms with Crippen LogP contribution in [0.1, 0.15) is 12.0 Å². The molecule has 1 radical (unpaired) electrons. The van der Waals surface area contributed by atoms with Crippen molar-refractivity contribution in [2.24, 2.45) is 5.73 Å². The van der Waals surface area contributed by atoms with E-state index in [9.17, 15) is 0 Å². The van der Waals surface area contributed by atoms with Crippen LogP contribution in [0.3, 0.4) is 0 Å². The third-order valence-corrected chi connectivity index (χ3v) is 10.1. The standard InChI is InChI=1S/C16H18N2PSe2/c17-16(19(20,21)15-11-5-2-6-12-15)18-13-7-10-14-8-3-1-4-9-14/h1-6,8-9,11-12H,7,10,13H2,(H2,17,18)/p+1. The minimum atomic E-state index is -1.66. The van der Waals surface area contributed by atoms with E-state index in [1.165, 1.54) is 10.9 Å². The fourth-order valence-corrected chi connectivity index (χ4v) is 5.53. The van der Waals surface area contributed by atoms with Crippen molar-refractivity contribution in [3.05, 3.63) is 66.2 Å². The molecule has 2 nitrogen and oxygen atoms in total. The van der Waals surface area contributed by atoms with Gasteiger partial charge in [0.25, 0.3) is 0 Å². The van der Waals surface area contributed by atoms with E-state index < -0.39 is 4.64 Å². The molecule has 5 heteroatoms. The van der Waals surface area contributed by atoms with Gasteiger partial charge in [-0.15, -0.1) is 0 Å². The van der Waals surface area contributed by atoms with Gasteiger partial charge in [0.05, 0.1) is 0 Å². The van der Waals surface area contributed by atoms with E-state index in [1.807, 2.05) is 24.3 Å². The van der Waals surface area contributed by atoms with Crippen LogP contribution < -0.4 is 16.0 Å². The third-order valence-electron chi connectivity index (χ3n) is 3.20. The van der Waals surface area contributed by atoms with Crippen molar-refractivity contribution in [1.29, 1.82) is 0 Å². The number of rotatable bonds is 6. The summed E-state index contributed by atoms with van der Waals surface area (Å²) in [6.45, 7) is 0.888. The van der Waals surface area contributed by atoms with Crippen LogP contribution in [0.2, 0.25) is 0 Å². The molecule has 0 bridgehead atoms. The summed E-state index contributed by atoms with van der Waals surface area (Å²) < 4.78 is -1.66. The second kappa shape index (κ2) is 8.13. The Bertz CT molecular complexity index is 586. The monoisotopic (exact) mass is 430 g/mol. The van der Waals surface area contributed by atoms with Gasteiger partial charge in [0.15, 0.2) is 0 Å². The van der Waals surface area contributed by atoms with E-state index in [0.717, 1.165) is 25.0 Å². The third kappa shape index (κ3) is 4.95. The molecule has 0 spiro atoms. The Hall–Kier alpha value is -0.621. The first-order chi connectivity index (χ1) is 10.1. The van der Waals surface area contributed by atoms with Crippen molar-refractivity contribution in [1.82, 2.24) is 0 Å². The van der Waals surface area contributed by atoms with E-state index in [1.54, 1.807) is 0 Å². The molecule has 0 atom stereocenters. The number of hydrogen-bond donors (Lipinski definition) is 2. The van der Waals surface area contributed by atoms with Crippen LogP contribution in [0.25, 0.3) is 0 Å². The number of nitrogens with one attached hydrogen (secondary N) is 1. The van der Waals surface area contributed by atoms with Gasteiger partial charge in [-0.2, -0.15) is 0 Å². The molecule has 2 rings (SSSR count). The van der Waals surface area contributed by atoms with Gasteiger partial charge in [-0.25, -0.2) is 0 Å². The normalized spacial score (nSPS) is 14.7. The number of amidine groups is 1. The molecular weight excluding hydrogens is 409 g/mol. The van der Waals surface area contributed by atoms with Crippen molar-refractivity contribution >= 4 is 46.7 Å². The summed E-state index contributed by atoms with van der Waals surface area (Å²) in [4.78, 5) is 3.37. The van der Waals surface area contributed by atoms with Crippen LogP contribution in [0.15, 0.2) is 60.7 Å². The second-order valence-corrected chi connectivity index (χ2v) is 17.3. The maximum atomic E-state index is 6.26. The summed E-state index contributed by atoms with van der Waals surface area (Å²) in [6.07, 6.45) is 2.14. The average Bonchev–Trinajstić information content (AvgIpc) is 2.53. The van der Waals surface area contributed by atoms with E-state index in [-0.39, 0.29) is 0 Å². The molecule has 0 aliphatic carbocycles. The summed E-state index contributed by atoms with van der Waals surface area (Å²) in [7, 11) is 0. The molecular formula is C16H19N2PSe2+. The van der Waals surface area contributed by atoms with Crippen molar-refractivity contribution in [2.75, 3.05) is 6.54 Å². The fourth-order valence-electron chi connectivity index (χ4n) is 2.02. The van der Waals surface area contributed by atoms with Gasteiger partial charge in [0, 0.05) is 0 Å². The fraction of sp³-hybridized carbons (Fsp3) is 0.188. The molecule has 0 saturated carbocycles. The zero-order chi connectivity index (χ0) is 15.1. The van der Waals surface area contributed by atoms with Crippen LogP contribution in [0.4, 0.5) is 0 Å². The Morgan fingerprint density at radius 2 is 1.62 bits per heavy atom. The Balaban J connectivity index is 1.92. The van der Waals surface area contributed by atoms with E-state index in [4.69, 9.17) is 5.73 Å². The van der Waals surface area contributed by atoms with Gasteiger partial charge in [-0.1, -0.05) is 0 Å². The molecule has 0 heterocycles. The van der Waals surface area contributed by atoms with Gasteiger partial charge in [-0.05, 0) is 0 Å². The molecule has 0 aliphatic heterocycles. The summed E-state index contributed by atoms with van der Waals surface area (Å²) in [6, 6.07) is 20.9. The molecule has 2 aromatic carbocycles. The average molecular weight is 428 g/mol. The SMILES string of the molecule is NC(=[NH+]CCCc1ccccc1)[P+]([Se])([Se-])c1ccccc1. The summed E-state index contributed by atoms with van der Waals surface area (Å²) >= 11 is 6.52. The Kier molecular flexibility index (Phi) is 6.48. The van der Waals surface area contributed by atoms with Crippen LogP contribution in [0, 0.1) is 0 Å². The molecule has 3 N–H and O–H groups in total. The molecule has 0 saturated heterocycles. The van der Waals surface area contributed by atoms with Crippen molar-refractivity contribution in [3.63, 3.8) is 0 Å². The van der Waals surface area contributed by atoms with Crippen LogP contribution in [-0.2, 0) is 6.42 Å². The first-order valence-electron chi connectivity index (χ1n) is 6.88. The zero-order valence-electron chi connectivity index (χ0n) is 11.7. The zero-order valence-corrected chi connectivity index (χ0v) is 16.1. The van der Waals surface area contributed by atoms with Gasteiger partial charge >= 0.3 is 143 Å². The van der Waals surface area contributed by atoms with E-state index >= 15 is 0 Å². The molecule has 0 aliphatic rings. The van der Waals surface area contributed by atoms with Crippen LogP contribution in [-0.4, -0.2) is 43.3 Å². The Labute approximate surface area is 142 Å². The number of hydrogen-bond acceptors (Lipinski definition) is 0. The molecule has 2 aromatic rings. The minimum absolute atomic E-state index is 0.835. The van der Waals surface area contributed by atoms with Crippen molar-refractivity contribution in [3.8, 4) is 0 Å². The van der Waals surface area contributed by atoms with Crippen molar-refractivity contribution < 1.29 is 4.99 Å². The number of nitrogens with two attached hydrogens (primary N) is 1. The van der Waals surface area contributed by atoms with Crippen molar-refractivity contribution in [2.45, 2.75) is 12.8 Å². The predicted molar refractivity (Wildman–Crippen MR) is 94.3 cm³/mol. The topological polar surface area (TPSA) is 40.0 Å². The van der Waals surface area contributed by atoms with Gasteiger partial charge < -0.3 is 0 Å². The summed E-state index contributed by atoms with van der Waals surface area (Å²) in [5.74, 6) is 0. The quantitative estimate of drug-likeness (QED) is 0.228. The molecule has 0 aromatic heterocycles. The van der Waals surface area contributed by atoms with Gasteiger partial charge in [0.1, 0.15) is 0 Å². The first-order valence-corrected chi connectivity index (χ1v) is 13.1. The molecule has 0 amide bonds. The molecule has 0 fully saturated rings. The first kappa shape index (κ1) is 16.7. The van der Waals surface area contributed by atoms with Crippen LogP contribution in [0.5, 0.6) is 0 Å². The van der Waals surface area contributed by atoms with Crippen LogP contribution >= 0.6 is 4.64 Å². The Morgan fingerprint density at radius 1 is 1.05 bits per heavy atom. The second-order valence-electron chi connectivity index (χ2n) is 4.79. The Morgan fingerprint density at radius 3 is 2.24 bits per heavy atom. The molecule has 109 valence electrons. The molecule has 0 unspecified atom stereocenters. The number of aryl methyl sites for hydroxylation is 1. The molecule has 21 heavy (non-hydrogen) atoms. The summed E-state index contributed by atoms with van der Waals surface area (Å²) in [5, 5.41) is 1.23. The van der Waals surface area contributed by atoms with E-state index in [0.29, 0.717) is 0 Å². The predicted octanol–water partition coefficient (Wildman–Crippen LogP) is 0.525. The van der Waals surface area contributed by atoms with Gasteiger partial charge in [-0.3, -0.25) is 0 Å². The van der Waals surface area contributed by atoms with E-state index in [2.05, 4.69) is 72.5 Å².